The second-order valence-corrected chi connectivity index (χ2v) is 10.1. The zero-order valence-electron chi connectivity index (χ0n) is 20.2. The molecule has 0 aliphatic carbocycles. The molecule has 0 unspecified atom stereocenters. The summed E-state index contributed by atoms with van der Waals surface area (Å²) in [6.07, 6.45) is 0.603. The number of rotatable bonds is 10. The van der Waals surface area contributed by atoms with E-state index in [4.69, 9.17) is 14.9 Å². The van der Waals surface area contributed by atoms with Gasteiger partial charge in [-0.3, -0.25) is 9.59 Å². The number of fused-ring (bicyclic) bond motifs is 3. The van der Waals surface area contributed by atoms with Gasteiger partial charge in [0.25, 0.3) is 0 Å². The number of carbonyl (C=O) groups is 2. The fraction of sp³-hybridized carbons (Fsp3) is 0.360. The summed E-state index contributed by atoms with van der Waals surface area (Å²) in [5.41, 5.74) is 7.27. The van der Waals surface area contributed by atoms with Gasteiger partial charge in [-0.25, -0.2) is 0 Å². The van der Waals surface area contributed by atoms with Crippen LogP contribution in [-0.4, -0.2) is 38.9 Å². The van der Waals surface area contributed by atoms with E-state index in [9.17, 15) is 9.59 Å². The molecule has 184 valence electrons. The highest BCUT2D eigenvalue weighted by Crippen LogP contribution is 2.37. The van der Waals surface area contributed by atoms with Crippen molar-refractivity contribution in [2.24, 2.45) is 11.7 Å². The van der Waals surface area contributed by atoms with E-state index >= 15 is 0 Å². The Morgan fingerprint density at radius 2 is 1.91 bits per heavy atom. The van der Waals surface area contributed by atoms with Crippen molar-refractivity contribution in [3.05, 3.63) is 42.2 Å². The van der Waals surface area contributed by atoms with E-state index in [0.29, 0.717) is 46.9 Å². The third kappa shape index (κ3) is 5.43. The lowest BCUT2D eigenvalue weighted by Crippen LogP contribution is -2.23. The van der Waals surface area contributed by atoms with Gasteiger partial charge in [-0.2, -0.15) is 0 Å². The molecule has 0 spiro atoms. The van der Waals surface area contributed by atoms with Gasteiger partial charge < -0.3 is 24.8 Å². The minimum atomic E-state index is -0.467. The zero-order chi connectivity index (χ0) is 25.1. The summed E-state index contributed by atoms with van der Waals surface area (Å²) >= 11 is 1.31. The molecule has 0 fully saturated rings. The predicted octanol–water partition coefficient (Wildman–Crippen LogP) is 4.38. The van der Waals surface area contributed by atoms with Gasteiger partial charge in [-0.1, -0.05) is 43.8 Å². The number of furan rings is 1. The van der Waals surface area contributed by atoms with Gasteiger partial charge in [0.05, 0.1) is 18.0 Å². The Labute approximate surface area is 207 Å². The highest BCUT2D eigenvalue weighted by molar-refractivity contribution is 8.00. The quantitative estimate of drug-likeness (QED) is 0.313. The summed E-state index contributed by atoms with van der Waals surface area (Å²) in [7, 11) is 1.57. The summed E-state index contributed by atoms with van der Waals surface area (Å²) in [4.78, 5) is 24.3. The van der Waals surface area contributed by atoms with Crippen LogP contribution in [0, 0.1) is 5.92 Å². The van der Waals surface area contributed by atoms with Gasteiger partial charge in [0, 0.05) is 36.2 Å². The summed E-state index contributed by atoms with van der Waals surface area (Å²) in [5.74, 6) is 0.973. The first kappa shape index (κ1) is 24.6. The molecule has 1 atom stereocenters. The largest absolute Gasteiger partial charge is 0.495 e. The third-order valence-electron chi connectivity index (χ3n) is 5.54. The first-order chi connectivity index (χ1) is 16.8. The summed E-state index contributed by atoms with van der Waals surface area (Å²) in [5, 5.41) is 13.5. The highest BCUT2D eigenvalue weighted by Gasteiger charge is 2.22. The molecule has 10 heteroatoms. The number of hydrogen-bond acceptors (Lipinski definition) is 7. The summed E-state index contributed by atoms with van der Waals surface area (Å²) in [6, 6.07) is 11.4. The number of anilines is 1. The topological polar surface area (TPSA) is 125 Å². The predicted molar refractivity (Wildman–Crippen MR) is 137 cm³/mol. The number of benzene rings is 2. The molecule has 0 aliphatic rings. The van der Waals surface area contributed by atoms with E-state index in [0.717, 1.165) is 16.4 Å². The van der Waals surface area contributed by atoms with Crippen LogP contribution in [0.4, 0.5) is 5.69 Å². The van der Waals surface area contributed by atoms with Gasteiger partial charge in [0.1, 0.15) is 22.7 Å². The first-order valence-electron chi connectivity index (χ1n) is 11.4. The Kier molecular flexibility index (Phi) is 7.30. The lowest BCUT2D eigenvalue weighted by atomic mass is 10.1. The average molecular weight is 496 g/mol. The molecule has 0 radical (unpaired) electrons. The number of para-hydroxylation sites is 1. The van der Waals surface area contributed by atoms with E-state index < -0.39 is 5.25 Å². The van der Waals surface area contributed by atoms with Gasteiger partial charge in [0.2, 0.25) is 11.8 Å². The Hall–Kier alpha value is -3.53. The van der Waals surface area contributed by atoms with Crippen LogP contribution < -0.4 is 15.8 Å². The fourth-order valence-corrected chi connectivity index (χ4v) is 4.72. The van der Waals surface area contributed by atoms with Crippen LogP contribution in [0.25, 0.3) is 21.9 Å². The molecule has 0 bridgehead atoms. The van der Waals surface area contributed by atoms with Crippen LogP contribution in [0.1, 0.15) is 33.0 Å². The van der Waals surface area contributed by atoms with E-state index in [2.05, 4.69) is 29.4 Å². The minimum absolute atomic E-state index is 0.195. The maximum atomic E-state index is 13.1. The molecule has 0 aliphatic heterocycles. The van der Waals surface area contributed by atoms with Crippen LogP contribution in [0.3, 0.4) is 0 Å². The first-order valence-corrected chi connectivity index (χ1v) is 12.3. The number of thioether (sulfide) groups is 1. The van der Waals surface area contributed by atoms with E-state index in [-0.39, 0.29) is 18.2 Å². The minimum Gasteiger partial charge on any atom is -0.495 e. The van der Waals surface area contributed by atoms with E-state index in [1.807, 2.05) is 41.8 Å². The standard InChI is InChI=1S/C25H29N5O4S/c1-14(2)13-30-23(10-9-22(26)31)28-29-25(30)35-15(3)24(32)27-18-12-20-17(11-21(18)33-4)16-7-5-6-8-19(16)34-20/h5-8,11-12,14-15H,9-10,13H2,1-4H3,(H2,26,31)(H,27,32)/t15-/m1/s1. The third-order valence-corrected chi connectivity index (χ3v) is 6.62. The lowest BCUT2D eigenvalue weighted by molar-refractivity contribution is -0.118. The number of aromatic nitrogens is 3. The number of carbonyl (C=O) groups excluding carboxylic acids is 2. The summed E-state index contributed by atoms with van der Waals surface area (Å²) in [6.45, 7) is 6.66. The monoisotopic (exact) mass is 495 g/mol. The highest BCUT2D eigenvalue weighted by atomic mass is 32.2. The molecular weight excluding hydrogens is 466 g/mol. The molecule has 2 aromatic heterocycles. The second kappa shape index (κ2) is 10.4. The molecule has 4 aromatic rings. The van der Waals surface area contributed by atoms with Crippen molar-refractivity contribution in [1.29, 1.82) is 0 Å². The number of ether oxygens (including phenoxy) is 1. The van der Waals surface area contributed by atoms with E-state index in [1.54, 1.807) is 13.2 Å². The second-order valence-electron chi connectivity index (χ2n) is 8.77. The van der Waals surface area contributed by atoms with Crippen molar-refractivity contribution in [2.45, 2.75) is 50.6 Å². The van der Waals surface area contributed by atoms with Crippen LogP contribution >= 0.6 is 11.8 Å². The molecule has 35 heavy (non-hydrogen) atoms. The smallest absolute Gasteiger partial charge is 0.237 e. The van der Waals surface area contributed by atoms with Crippen molar-refractivity contribution in [3.63, 3.8) is 0 Å². The molecule has 2 amide bonds. The Bertz CT molecular complexity index is 1380. The van der Waals surface area contributed by atoms with E-state index in [1.165, 1.54) is 11.8 Å². The fourth-order valence-electron chi connectivity index (χ4n) is 3.84. The SMILES string of the molecule is COc1cc2c(cc1NC(=O)[C@@H](C)Sc1nnc(CCC(N)=O)n1CC(C)C)oc1ccccc12. The normalized spacial score (nSPS) is 12.4. The number of amides is 2. The lowest BCUT2D eigenvalue weighted by Gasteiger charge is -2.16. The van der Waals surface area contributed by atoms with Crippen LogP contribution in [0.5, 0.6) is 5.75 Å². The maximum Gasteiger partial charge on any atom is 0.237 e. The molecule has 9 nitrogen and oxygen atoms in total. The van der Waals surface area contributed by atoms with Gasteiger partial charge in [-0.05, 0) is 25.0 Å². The number of methoxy groups -OCH3 is 1. The molecule has 4 rings (SSSR count). The summed E-state index contributed by atoms with van der Waals surface area (Å²) < 4.78 is 13.5. The number of nitrogens with one attached hydrogen (secondary N) is 1. The molecule has 0 saturated heterocycles. The van der Waals surface area contributed by atoms with Crippen LogP contribution in [0.2, 0.25) is 0 Å². The van der Waals surface area contributed by atoms with Gasteiger partial charge >= 0.3 is 0 Å². The Morgan fingerprint density at radius 1 is 1.14 bits per heavy atom. The maximum absolute atomic E-state index is 13.1. The number of nitrogens with two attached hydrogens (primary N) is 1. The zero-order valence-corrected chi connectivity index (χ0v) is 21.0. The molecule has 3 N–H and O–H groups in total. The van der Waals surface area contributed by atoms with Crippen molar-refractivity contribution in [3.8, 4) is 5.75 Å². The van der Waals surface area contributed by atoms with Crippen molar-refractivity contribution in [1.82, 2.24) is 14.8 Å². The number of hydrogen-bond donors (Lipinski definition) is 2. The van der Waals surface area contributed by atoms with Crippen LogP contribution in [0.15, 0.2) is 46.0 Å². The molecule has 2 heterocycles. The average Bonchev–Trinajstić information content (AvgIpc) is 3.36. The van der Waals surface area contributed by atoms with Crippen molar-refractivity contribution < 1.29 is 18.7 Å². The number of primary amides is 1. The number of nitrogens with zero attached hydrogens (tertiary/aromatic N) is 3. The van der Waals surface area contributed by atoms with Crippen molar-refractivity contribution >= 4 is 51.2 Å². The Morgan fingerprint density at radius 3 is 2.63 bits per heavy atom. The van der Waals surface area contributed by atoms with Crippen molar-refractivity contribution in [2.75, 3.05) is 12.4 Å². The van der Waals surface area contributed by atoms with Gasteiger partial charge in [-0.15, -0.1) is 10.2 Å². The number of aryl methyl sites for hydroxylation is 1. The van der Waals surface area contributed by atoms with Gasteiger partial charge in [0.15, 0.2) is 5.16 Å². The Balaban J connectivity index is 1.54. The van der Waals surface area contributed by atoms with Crippen LogP contribution in [-0.2, 0) is 22.6 Å². The molecule has 2 aromatic carbocycles. The molecular formula is C25H29N5O4S. The molecule has 0 saturated carbocycles.